The highest BCUT2D eigenvalue weighted by Crippen LogP contribution is 2.12. The number of hydrogen-bond acceptors (Lipinski definition) is 2. The van der Waals surface area contributed by atoms with Gasteiger partial charge in [0.25, 0.3) is 0 Å². The lowest BCUT2D eigenvalue weighted by Crippen LogP contribution is -2.50. The summed E-state index contributed by atoms with van der Waals surface area (Å²) in [6.07, 6.45) is 3.83. The molecule has 1 saturated heterocycles. The van der Waals surface area contributed by atoms with Crippen LogP contribution in [0, 0.1) is 0 Å². The average molecular weight is 333 g/mol. The van der Waals surface area contributed by atoms with Crippen LogP contribution in [0.3, 0.4) is 0 Å². The zero-order chi connectivity index (χ0) is 13.5. The van der Waals surface area contributed by atoms with Crippen LogP contribution in [-0.2, 0) is 6.42 Å². The summed E-state index contributed by atoms with van der Waals surface area (Å²) in [6, 6.07) is 11.5. The van der Waals surface area contributed by atoms with Gasteiger partial charge in [-0.15, -0.1) is 24.8 Å². The summed E-state index contributed by atoms with van der Waals surface area (Å²) in [6.45, 7) is 10.9. The molecule has 4 heteroatoms. The highest BCUT2D eigenvalue weighted by Gasteiger charge is 2.20. The van der Waals surface area contributed by atoms with E-state index in [1.54, 1.807) is 0 Å². The van der Waals surface area contributed by atoms with Crippen molar-refractivity contribution >= 4 is 24.8 Å². The SMILES string of the molecule is CCCCN1CCN(C(C)Cc2ccccc2)CC1.Cl.Cl. The third kappa shape index (κ3) is 7.01. The quantitative estimate of drug-likeness (QED) is 0.779. The van der Waals surface area contributed by atoms with Crippen molar-refractivity contribution in [3.63, 3.8) is 0 Å². The predicted octanol–water partition coefficient (Wildman–Crippen LogP) is 3.88. The first-order valence-corrected chi connectivity index (χ1v) is 7.80. The Balaban J connectivity index is 0.00000200. The highest BCUT2D eigenvalue weighted by atomic mass is 35.5. The molecule has 0 bridgehead atoms. The maximum atomic E-state index is 2.65. The second-order valence-corrected chi connectivity index (χ2v) is 5.77. The topological polar surface area (TPSA) is 6.48 Å². The van der Waals surface area contributed by atoms with Crippen molar-refractivity contribution in [1.29, 1.82) is 0 Å². The van der Waals surface area contributed by atoms with Crippen LogP contribution in [0.4, 0.5) is 0 Å². The molecule has 122 valence electrons. The first-order valence-electron chi connectivity index (χ1n) is 7.80. The van der Waals surface area contributed by atoms with Gasteiger partial charge < -0.3 is 4.90 Å². The van der Waals surface area contributed by atoms with E-state index in [1.165, 1.54) is 57.5 Å². The van der Waals surface area contributed by atoms with Gasteiger partial charge in [-0.1, -0.05) is 43.7 Å². The molecule has 0 N–H and O–H groups in total. The van der Waals surface area contributed by atoms with Crippen LogP contribution in [0.15, 0.2) is 30.3 Å². The van der Waals surface area contributed by atoms with Gasteiger partial charge in [-0.2, -0.15) is 0 Å². The van der Waals surface area contributed by atoms with E-state index in [-0.39, 0.29) is 24.8 Å². The van der Waals surface area contributed by atoms with Crippen LogP contribution in [0.5, 0.6) is 0 Å². The van der Waals surface area contributed by atoms with Gasteiger partial charge in [0.1, 0.15) is 0 Å². The van der Waals surface area contributed by atoms with E-state index < -0.39 is 0 Å². The van der Waals surface area contributed by atoms with E-state index in [9.17, 15) is 0 Å². The maximum Gasteiger partial charge on any atom is 0.0113 e. The second-order valence-electron chi connectivity index (χ2n) is 5.77. The first-order chi connectivity index (χ1) is 9.29. The van der Waals surface area contributed by atoms with Gasteiger partial charge in [0.15, 0.2) is 0 Å². The molecule has 0 aromatic heterocycles. The number of benzene rings is 1. The van der Waals surface area contributed by atoms with Crippen molar-refractivity contribution in [2.24, 2.45) is 0 Å². The largest absolute Gasteiger partial charge is 0.301 e. The molecule has 1 fully saturated rings. The fourth-order valence-electron chi connectivity index (χ4n) is 2.89. The molecule has 1 aromatic carbocycles. The molecule has 1 aliphatic rings. The van der Waals surface area contributed by atoms with Crippen molar-refractivity contribution in [2.45, 2.75) is 39.2 Å². The van der Waals surface area contributed by atoms with Crippen molar-refractivity contribution in [3.05, 3.63) is 35.9 Å². The van der Waals surface area contributed by atoms with E-state index in [4.69, 9.17) is 0 Å². The van der Waals surface area contributed by atoms with Crippen molar-refractivity contribution in [3.8, 4) is 0 Å². The minimum absolute atomic E-state index is 0. The first kappa shape index (κ1) is 20.7. The van der Waals surface area contributed by atoms with Gasteiger partial charge in [-0.05, 0) is 31.9 Å². The van der Waals surface area contributed by atoms with Gasteiger partial charge in [0.05, 0.1) is 0 Å². The molecule has 2 rings (SSSR count). The predicted molar refractivity (Wildman–Crippen MR) is 97.0 cm³/mol. The summed E-state index contributed by atoms with van der Waals surface area (Å²) >= 11 is 0. The lowest BCUT2D eigenvalue weighted by atomic mass is 10.1. The summed E-state index contributed by atoms with van der Waals surface area (Å²) < 4.78 is 0. The van der Waals surface area contributed by atoms with E-state index in [0.717, 1.165) is 0 Å². The molecule has 0 saturated carbocycles. The van der Waals surface area contributed by atoms with Crippen molar-refractivity contribution in [1.82, 2.24) is 9.80 Å². The Kier molecular flexibility index (Phi) is 11.2. The Hall–Kier alpha value is -0.280. The lowest BCUT2D eigenvalue weighted by molar-refractivity contribution is 0.101. The van der Waals surface area contributed by atoms with Crippen LogP contribution in [0.2, 0.25) is 0 Å². The minimum Gasteiger partial charge on any atom is -0.301 e. The normalized spacial score (nSPS) is 17.6. The van der Waals surface area contributed by atoms with Crippen LogP contribution in [-0.4, -0.2) is 48.6 Å². The molecule has 21 heavy (non-hydrogen) atoms. The number of rotatable bonds is 6. The van der Waals surface area contributed by atoms with Gasteiger partial charge in [0, 0.05) is 32.2 Å². The molecule has 1 unspecified atom stereocenters. The van der Waals surface area contributed by atoms with Gasteiger partial charge in [0.2, 0.25) is 0 Å². The van der Waals surface area contributed by atoms with Crippen molar-refractivity contribution in [2.75, 3.05) is 32.7 Å². The van der Waals surface area contributed by atoms with Crippen LogP contribution in [0.1, 0.15) is 32.3 Å². The monoisotopic (exact) mass is 332 g/mol. The van der Waals surface area contributed by atoms with Crippen LogP contribution >= 0.6 is 24.8 Å². The summed E-state index contributed by atoms with van der Waals surface area (Å²) in [4.78, 5) is 5.27. The zero-order valence-corrected chi connectivity index (χ0v) is 15.0. The molecule has 1 aliphatic heterocycles. The minimum atomic E-state index is 0. The number of unbranched alkanes of at least 4 members (excludes halogenated alkanes) is 1. The maximum absolute atomic E-state index is 2.65. The molecule has 0 spiro atoms. The summed E-state index contributed by atoms with van der Waals surface area (Å²) in [7, 11) is 0. The third-order valence-electron chi connectivity index (χ3n) is 4.23. The summed E-state index contributed by atoms with van der Waals surface area (Å²) in [5.41, 5.74) is 1.46. The molecule has 0 amide bonds. The number of nitrogens with zero attached hydrogens (tertiary/aromatic N) is 2. The highest BCUT2D eigenvalue weighted by molar-refractivity contribution is 5.85. The number of halogens is 2. The standard InChI is InChI=1S/C17H28N2.2ClH/c1-3-4-10-18-11-13-19(14-12-18)16(2)15-17-8-6-5-7-9-17;;/h5-9,16H,3-4,10-15H2,1-2H3;2*1H. The molecule has 0 aliphatic carbocycles. The molecular weight excluding hydrogens is 303 g/mol. The summed E-state index contributed by atoms with van der Waals surface area (Å²) in [5.74, 6) is 0. The summed E-state index contributed by atoms with van der Waals surface area (Å²) in [5, 5.41) is 0. The Morgan fingerprint density at radius 1 is 1.00 bits per heavy atom. The van der Waals surface area contributed by atoms with E-state index >= 15 is 0 Å². The molecule has 1 aromatic rings. The fraction of sp³-hybridized carbons (Fsp3) is 0.647. The molecule has 2 nitrogen and oxygen atoms in total. The number of piperazine rings is 1. The Bertz CT molecular complexity index is 351. The fourth-order valence-corrected chi connectivity index (χ4v) is 2.89. The van der Waals surface area contributed by atoms with Crippen LogP contribution in [0.25, 0.3) is 0 Å². The number of hydrogen-bond donors (Lipinski definition) is 0. The Labute approximate surface area is 142 Å². The van der Waals surface area contributed by atoms with Gasteiger partial charge in [-0.3, -0.25) is 4.90 Å². The molecule has 1 heterocycles. The average Bonchev–Trinajstić information content (AvgIpc) is 2.46. The van der Waals surface area contributed by atoms with E-state index in [1.807, 2.05) is 0 Å². The Morgan fingerprint density at radius 3 is 2.19 bits per heavy atom. The van der Waals surface area contributed by atoms with E-state index in [2.05, 4.69) is 54.0 Å². The molecular formula is C17H30Cl2N2. The van der Waals surface area contributed by atoms with Gasteiger partial charge in [-0.25, -0.2) is 0 Å². The lowest BCUT2D eigenvalue weighted by Gasteiger charge is -2.38. The van der Waals surface area contributed by atoms with Gasteiger partial charge >= 0.3 is 0 Å². The third-order valence-corrected chi connectivity index (χ3v) is 4.23. The molecule has 1 atom stereocenters. The second kappa shape index (κ2) is 11.3. The molecule has 0 radical (unpaired) electrons. The smallest absolute Gasteiger partial charge is 0.0113 e. The Morgan fingerprint density at radius 2 is 1.62 bits per heavy atom. The zero-order valence-electron chi connectivity index (χ0n) is 13.3. The van der Waals surface area contributed by atoms with Crippen molar-refractivity contribution < 1.29 is 0 Å². The van der Waals surface area contributed by atoms with E-state index in [0.29, 0.717) is 6.04 Å². The van der Waals surface area contributed by atoms with Crippen LogP contribution < -0.4 is 0 Å².